The van der Waals surface area contributed by atoms with E-state index in [1.165, 1.54) is 0 Å². The quantitative estimate of drug-likeness (QED) is 0.759. The number of anilines is 1. The molecule has 0 saturated carbocycles. The Bertz CT molecular complexity index is 665. The Hall–Kier alpha value is -2.91. The first-order chi connectivity index (χ1) is 11.2. The Labute approximate surface area is 134 Å². The van der Waals surface area contributed by atoms with Gasteiger partial charge in [-0.15, -0.1) is 0 Å². The lowest BCUT2D eigenvalue weighted by atomic mass is 10.0. The fourth-order valence-corrected chi connectivity index (χ4v) is 2.06. The van der Waals surface area contributed by atoms with Gasteiger partial charge in [0.15, 0.2) is 0 Å². The minimum Gasteiger partial charge on any atom is -0.396 e. The molecule has 6 heteroatoms. The third-order valence-electron chi connectivity index (χ3n) is 3.31. The number of benzene rings is 1. The molecule has 0 radical (unpaired) electrons. The first kappa shape index (κ1) is 16.5. The molecule has 3 N–H and O–H groups in total. The van der Waals surface area contributed by atoms with E-state index in [0.29, 0.717) is 24.2 Å². The molecule has 0 saturated heterocycles. The second kappa shape index (κ2) is 8.51. The smallest absolute Gasteiger partial charge is 0.319 e. The summed E-state index contributed by atoms with van der Waals surface area (Å²) in [5, 5.41) is 23.6. The summed E-state index contributed by atoms with van der Waals surface area (Å²) in [5.41, 5.74) is 2.01. The molecule has 1 heterocycles. The third-order valence-corrected chi connectivity index (χ3v) is 3.31. The summed E-state index contributed by atoms with van der Waals surface area (Å²) in [6, 6.07) is 13.9. The Kier molecular flexibility index (Phi) is 6.09. The van der Waals surface area contributed by atoms with Crippen LogP contribution in [0, 0.1) is 17.2 Å². The average molecular weight is 310 g/mol. The summed E-state index contributed by atoms with van der Waals surface area (Å²) in [7, 11) is 0. The lowest BCUT2D eigenvalue weighted by molar-refractivity contribution is 0.217. The minimum atomic E-state index is -0.353. The molecule has 1 aromatic heterocycles. The highest BCUT2D eigenvalue weighted by Crippen LogP contribution is 2.09. The van der Waals surface area contributed by atoms with Gasteiger partial charge in [-0.05, 0) is 42.8 Å². The van der Waals surface area contributed by atoms with Gasteiger partial charge in [-0.3, -0.25) is 4.98 Å². The second-order valence-electron chi connectivity index (χ2n) is 5.10. The lowest BCUT2D eigenvalue weighted by Gasteiger charge is -2.15. The molecule has 0 spiro atoms. The predicted octanol–water partition coefficient (Wildman–Crippen LogP) is 1.93. The molecule has 0 fully saturated rings. The van der Waals surface area contributed by atoms with Gasteiger partial charge in [0.2, 0.25) is 0 Å². The number of nitrogens with one attached hydrogen (secondary N) is 2. The van der Waals surface area contributed by atoms with Gasteiger partial charge in [0, 0.05) is 36.6 Å². The van der Waals surface area contributed by atoms with Crippen molar-refractivity contribution in [1.29, 1.82) is 5.26 Å². The van der Waals surface area contributed by atoms with Crippen molar-refractivity contribution < 1.29 is 9.90 Å². The zero-order valence-electron chi connectivity index (χ0n) is 12.6. The Morgan fingerprint density at radius 1 is 1.26 bits per heavy atom. The molecular weight excluding hydrogens is 292 g/mol. The number of aliphatic hydroxyl groups is 1. The van der Waals surface area contributed by atoms with Crippen LogP contribution < -0.4 is 10.6 Å². The normalized spacial score (nSPS) is 11.3. The van der Waals surface area contributed by atoms with Gasteiger partial charge in [0.1, 0.15) is 0 Å². The Morgan fingerprint density at radius 2 is 2.04 bits per heavy atom. The molecule has 0 aliphatic carbocycles. The number of carbonyl (C=O) groups excluding carboxylic acids is 1. The summed E-state index contributed by atoms with van der Waals surface area (Å²) in [4.78, 5) is 16.1. The van der Waals surface area contributed by atoms with Gasteiger partial charge in [0.05, 0.1) is 11.6 Å². The van der Waals surface area contributed by atoms with Crippen molar-refractivity contribution in [2.24, 2.45) is 5.92 Å². The van der Waals surface area contributed by atoms with E-state index in [2.05, 4.69) is 15.6 Å². The van der Waals surface area contributed by atoms with Crippen LogP contribution in [0.2, 0.25) is 0 Å². The molecule has 118 valence electrons. The summed E-state index contributed by atoms with van der Waals surface area (Å²) < 4.78 is 0. The van der Waals surface area contributed by atoms with Crippen LogP contribution in [0.1, 0.15) is 11.3 Å². The van der Waals surface area contributed by atoms with Crippen molar-refractivity contribution in [3.05, 3.63) is 59.9 Å². The Balaban J connectivity index is 1.81. The van der Waals surface area contributed by atoms with E-state index in [-0.39, 0.29) is 18.6 Å². The molecule has 23 heavy (non-hydrogen) atoms. The highest BCUT2D eigenvalue weighted by Gasteiger charge is 2.11. The maximum atomic E-state index is 11.9. The van der Waals surface area contributed by atoms with E-state index >= 15 is 0 Å². The van der Waals surface area contributed by atoms with E-state index in [1.807, 2.05) is 24.3 Å². The van der Waals surface area contributed by atoms with Crippen LogP contribution in [0.25, 0.3) is 0 Å². The predicted molar refractivity (Wildman–Crippen MR) is 86.7 cm³/mol. The average Bonchev–Trinajstić information content (AvgIpc) is 2.60. The summed E-state index contributed by atoms with van der Waals surface area (Å²) >= 11 is 0. The van der Waals surface area contributed by atoms with Crippen LogP contribution in [0.15, 0.2) is 48.7 Å². The first-order valence-electron chi connectivity index (χ1n) is 7.27. The summed E-state index contributed by atoms with van der Waals surface area (Å²) in [6.07, 6.45) is 2.29. The number of aromatic nitrogens is 1. The van der Waals surface area contributed by atoms with E-state index in [9.17, 15) is 9.90 Å². The van der Waals surface area contributed by atoms with E-state index in [0.717, 1.165) is 5.69 Å². The fourth-order valence-electron chi connectivity index (χ4n) is 2.06. The molecule has 0 bridgehead atoms. The monoisotopic (exact) mass is 310 g/mol. The highest BCUT2D eigenvalue weighted by atomic mass is 16.3. The highest BCUT2D eigenvalue weighted by molar-refractivity contribution is 5.89. The van der Waals surface area contributed by atoms with E-state index < -0.39 is 0 Å². The number of hydrogen-bond acceptors (Lipinski definition) is 4. The molecule has 2 amide bonds. The topological polar surface area (TPSA) is 98.0 Å². The van der Waals surface area contributed by atoms with Crippen LogP contribution in [-0.4, -0.2) is 29.3 Å². The number of amides is 2. The van der Waals surface area contributed by atoms with Crippen molar-refractivity contribution in [3.63, 3.8) is 0 Å². The molecule has 0 aliphatic rings. The zero-order valence-corrected chi connectivity index (χ0v) is 12.6. The minimum absolute atomic E-state index is 0.0340. The van der Waals surface area contributed by atoms with Crippen LogP contribution in [0.5, 0.6) is 0 Å². The molecule has 1 aromatic carbocycles. The third kappa shape index (κ3) is 5.41. The van der Waals surface area contributed by atoms with Crippen molar-refractivity contribution in [2.75, 3.05) is 18.5 Å². The number of carbonyl (C=O) groups is 1. The van der Waals surface area contributed by atoms with Crippen LogP contribution in [0.4, 0.5) is 10.5 Å². The molecule has 6 nitrogen and oxygen atoms in total. The van der Waals surface area contributed by atoms with Gasteiger partial charge in [-0.2, -0.15) is 5.26 Å². The lowest BCUT2D eigenvalue weighted by Crippen LogP contribution is -2.35. The van der Waals surface area contributed by atoms with Gasteiger partial charge in [-0.1, -0.05) is 6.07 Å². The number of rotatable bonds is 6. The number of hydrogen-bond donors (Lipinski definition) is 3. The Morgan fingerprint density at radius 3 is 2.65 bits per heavy atom. The first-order valence-corrected chi connectivity index (χ1v) is 7.27. The van der Waals surface area contributed by atoms with Crippen molar-refractivity contribution in [3.8, 4) is 6.07 Å². The zero-order chi connectivity index (χ0) is 16.5. The fraction of sp³-hybridized carbons (Fsp3) is 0.235. The molecule has 1 atom stereocenters. The standard InChI is InChI=1S/C17H18N4O2/c18-10-13-4-6-15(7-5-13)21-17(23)20-11-14(12-22)9-16-3-1-2-8-19-16/h1-8,14,22H,9,11-12H2,(H2,20,21,23)/t14-/m1/s1. The molecule has 2 aromatic rings. The second-order valence-corrected chi connectivity index (χ2v) is 5.10. The summed E-state index contributed by atoms with van der Waals surface area (Å²) in [6.45, 7) is 0.308. The molecule has 0 aliphatic heterocycles. The maximum absolute atomic E-state index is 11.9. The van der Waals surface area contributed by atoms with Crippen LogP contribution >= 0.6 is 0 Å². The van der Waals surface area contributed by atoms with E-state index in [1.54, 1.807) is 30.5 Å². The van der Waals surface area contributed by atoms with Gasteiger partial charge in [0.25, 0.3) is 0 Å². The van der Waals surface area contributed by atoms with Gasteiger partial charge < -0.3 is 15.7 Å². The van der Waals surface area contributed by atoms with Crippen molar-refractivity contribution >= 4 is 11.7 Å². The van der Waals surface area contributed by atoms with Gasteiger partial charge >= 0.3 is 6.03 Å². The number of aliphatic hydroxyl groups excluding tert-OH is 1. The van der Waals surface area contributed by atoms with Crippen LogP contribution in [-0.2, 0) is 6.42 Å². The molecule has 0 unspecified atom stereocenters. The number of urea groups is 1. The number of nitriles is 1. The van der Waals surface area contributed by atoms with Gasteiger partial charge in [-0.25, -0.2) is 4.79 Å². The van der Waals surface area contributed by atoms with Crippen molar-refractivity contribution in [2.45, 2.75) is 6.42 Å². The van der Waals surface area contributed by atoms with E-state index in [4.69, 9.17) is 5.26 Å². The summed E-state index contributed by atoms with van der Waals surface area (Å²) in [5.74, 6) is -0.100. The number of nitrogens with zero attached hydrogens (tertiary/aromatic N) is 2. The largest absolute Gasteiger partial charge is 0.396 e. The van der Waals surface area contributed by atoms with Crippen molar-refractivity contribution in [1.82, 2.24) is 10.3 Å². The molecule has 2 rings (SSSR count). The number of pyridine rings is 1. The SMILES string of the molecule is N#Cc1ccc(NC(=O)NC[C@H](CO)Cc2ccccn2)cc1. The maximum Gasteiger partial charge on any atom is 0.319 e. The molecular formula is C17H18N4O2. The van der Waals surface area contributed by atoms with Crippen LogP contribution in [0.3, 0.4) is 0 Å².